The molecule has 2 rings (SSSR count). The summed E-state index contributed by atoms with van der Waals surface area (Å²) in [5, 5.41) is 0. The molecule has 4 heteroatoms. The van der Waals surface area contributed by atoms with E-state index in [4.69, 9.17) is 4.74 Å². The van der Waals surface area contributed by atoms with Crippen molar-refractivity contribution >= 4 is 21.8 Å². The standard InChI is InChI=1S/C11H12BrNO2/c1-15-5-4-13-7-8-6-9(12)2-3-10(8)11(13)14/h2-3,6H,4-5,7H2,1H3. The van der Waals surface area contributed by atoms with Crippen LogP contribution in [0.3, 0.4) is 0 Å². The number of carbonyl (C=O) groups is 1. The SMILES string of the molecule is COCCN1Cc2cc(Br)ccc2C1=O. The molecule has 0 atom stereocenters. The molecule has 15 heavy (non-hydrogen) atoms. The zero-order valence-electron chi connectivity index (χ0n) is 8.50. The van der Waals surface area contributed by atoms with Crippen LogP contribution >= 0.6 is 15.9 Å². The highest BCUT2D eigenvalue weighted by molar-refractivity contribution is 9.10. The molecule has 1 heterocycles. The van der Waals surface area contributed by atoms with Crippen molar-refractivity contribution in [1.29, 1.82) is 0 Å². The molecule has 1 amide bonds. The second kappa shape index (κ2) is 4.33. The maximum absolute atomic E-state index is 11.9. The maximum atomic E-state index is 11.9. The molecule has 0 aliphatic carbocycles. The van der Waals surface area contributed by atoms with Crippen molar-refractivity contribution < 1.29 is 9.53 Å². The topological polar surface area (TPSA) is 29.5 Å². The Morgan fingerprint density at radius 2 is 2.33 bits per heavy atom. The number of halogens is 1. The second-order valence-corrected chi connectivity index (χ2v) is 4.44. The van der Waals surface area contributed by atoms with Gasteiger partial charge in [0.05, 0.1) is 6.61 Å². The predicted octanol–water partition coefficient (Wildman–Crippen LogP) is 2.05. The zero-order valence-corrected chi connectivity index (χ0v) is 10.1. The Morgan fingerprint density at radius 1 is 1.53 bits per heavy atom. The Kier molecular flexibility index (Phi) is 3.07. The Bertz CT molecular complexity index is 392. The lowest BCUT2D eigenvalue weighted by Gasteiger charge is -2.14. The summed E-state index contributed by atoms with van der Waals surface area (Å²) in [5.41, 5.74) is 1.90. The van der Waals surface area contributed by atoms with Gasteiger partial charge in [-0.1, -0.05) is 15.9 Å². The van der Waals surface area contributed by atoms with Crippen LogP contribution in [0, 0.1) is 0 Å². The third-order valence-electron chi connectivity index (χ3n) is 2.51. The van der Waals surface area contributed by atoms with Gasteiger partial charge in [0, 0.05) is 30.2 Å². The third kappa shape index (κ3) is 2.06. The summed E-state index contributed by atoms with van der Waals surface area (Å²) in [4.78, 5) is 13.7. The van der Waals surface area contributed by atoms with E-state index in [1.54, 1.807) is 12.0 Å². The van der Waals surface area contributed by atoms with E-state index in [0.29, 0.717) is 19.7 Å². The van der Waals surface area contributed by atoms with Crippen molar-refractivity contribution in [3.8, 4) is 0 Å². The van der Waals surface area contributed by atoms with Crippen molar-refractivity contribution in [3.05, 3.63) is 33.8 Å². The van der Waals surface area contributed by atoms with Crippen molar-refractivity contribution in [1.82, 2.24) is 4.90 Å². The monoisotopic (exact) mass is 269 g/mol. The van der Waals surface area contributed by atoms with Crippen LogP contribution in [0.25, 0.3) is 0 Å². The van der Waals surface area contributed by atoms with E-state index >= 15 is 0 Å². The normalized spacial score (nSPS) is 14.5. The molecule has 0 saturated carbocycles. The van der Waals surface area contributed by atoms with Gasteiger partial charge < -0.3 is 9.64 Å². The van der Waals surface area contributed by atoms with E-state index < -0.39 is 0 Å². The molecular weight excluding hydrogens is 258 g/mol. The average Bonchev–Trinajstić information content (AvgIpc) is 2.52. The van der Waals surface area contributed by atoms with Gasteiger partial charge in [-0.25, -0.2) is 0 Å². The molecule has 0 fully saturated rings. The zero-order chi connectivity index (χ0) is 10.8. The molecule has 1 aromatic rings. The number of hydrogen-bond donors (Lipinski definition) is 0. The number of ether oxygens (including phenoxy) is 1. The van der Waals surface area contributed by atoms with E-state index in [1.807, 2.05) is 18.2 Å². The van der Waals surface area contributed by atoms with Crippen molar-refractivity contribution in [2.24, 2.45) is 0 Å². The van der Waals surface area contributed by atoms with Crippen LogP contribution < -0.4 is 0 Å². The van der Waals surface area contributed by atoms with Crippen molar-refractivity contribution in [3.63, 3.8) is 0 Å². The number of hydrogen-bond acceptors (Lipinski definition) is 2. The van der Waals surface area contributed by atoms with Gasteiger partial charge in [-0.15, -0.1) is 0 Å². The number of carbonyl (C=O) groups excluding carboxylic acids is 1. The minimum absolute atomic E-state index is 0.106. The fraction of sp³-hybridized carbons (Fsp3) is 0.364. The summed E-state index contributed by atoms with van der Waals surface area (Å²) in [6.07, 6.45) is 0. The van der Waals surface area contributed by atoms with Crippen LogP contribution in [-0.2, 0) is 11.3 Å². The molecule has 0 N–H and O–H groups in total. The number of rotatable bonds is 3. The largest absolute Gasteiger partial charge is 0.383 e. The minimum Gasteiger partial charge on any atom is -0.383 e. The lowest BCUT2D eigenvalue weighted by atomic mass is 10.1. The summed E-state index contributed by atoms with van der Waals surface area (Å²) >= 11 is 3.40. The lowest BCUT2D eigenvalue weighted by Crippen LogP contribution is -2.27. The van der Waals surface area contributed by atoms with Gasteiger partial charge >= 0.3 is 0 Å². The summed E-state index contributed by atoms with van der Waals surface area (Å²) in [5.74, 6) is 0.106. The summed E-state index contributed by atoms with van der Waals surface area (Å²) in [7, 11) is 1.64. The van der Waals surface area contributed by atoms with Crippen LogP contribution in [0.1, 0.15) is 15.9 Å². The number of methoxy groups -OCH3 is 1. The molecule has 3 nitrogen and oxygen atoms in total. The molecular formula is C11H12BrNO2. The van der Waals surface area contributed by atoms with Crippen molar-refractivity contribution in [2.45, 2.75) is 6.54 Å². The van der Waals surface area contributed by atoms with Crippen LogP contribution in [-0.4, -0.2) is 31.1 Å². The number of amides is 1. The van der Waals surface area contributed by atoms with E-state index in [9.17, 15) is 4.79 Å². The smallest absolute Gasteiger partial charge is 0.254 e. The van der Waals surface area contributed by atoms with E-state index in [1.165, 1.54) is 0 Å². The first-order valence-electron chi connectivity index (χ1n) is 4.79. The van der Waals surface area contributed by atoms with Gasteiger partial charge in [-0.05, 0) is 23.8 Å². The molecule has 1 aliphatic rings. The first kappa shape index (κ1) is 10.6. The van der Waals surface area contributed by atoms with Crippen LogP contribution in [0.15, 0.2) is 22.7 Å². The summed E-state index contributed by atoms with van der Waals surface area (Å²) < 4.78 is 5.99. The molecule has 0 spiro atoms. The number of fused-ring (bicyclic) bond motifs is 1. The molecule has 0 bridgehead atoms. The minimum atomic E-state index is 0.106. The number of benzene rings is 1. The Hall–Kier alpha value is -0.870. The third-order valence-corrected chi connectivity index (χ3v) is 3.00. The van der Waals surface area contributed by atoms with Gasteiger partial charge in [0.15, 0.2) is 0 Å². The van der Waals surface area contributed by atoms with Crippen LogP contribution in [0.5, 0.6) is 0 Å². The van der Waals surface area contributed by atoms with Gasteiger partial charge in [0.2, 0.25) is 0 Å². The average molecular weight is 270 g/mol. The first-order chi connectivity index (χ1) is 7.22. The molecule has 0 radical (unpaired) electrons. The quantitative estimate of drug-likeness (QED) is 0.841. The molecule has 0 unspecified atom stereocenters. The highest BCUT2D eigenvalue weighted by Crippen LogP contribution is 2.25. The maximum Gasteiger partial charge on any atom is 0.254 e. The van der Waals surface area contributed by atoms with Gasteiger partial charge in [-0.2, -0.15) is 0 Å². The predicted molar refractivity (Wildman–Crippen MR) is 60.8 cm³/mol. The fourth-order valence-corrected chi connectivity index (χ4v) is 2.14. The Labute approximate surface area is 97.2 Å². The molecule has 0 aromatic heterocycles. The first-order valence-corrected chi connectivity index (χ1v) is 5.58. The highest BCUT2D eigenvalue weighted by Gasteiger charge is 2.26. The second-order valence-electron chi connectivity index (χ2n) is 3.52. The van der Waals surface area contributed by atoms with E-state index in [0.717, 1.165) is 15.6 Å². The summed E-state index contributed by atoms with van der Waals surface area (Å²) in [6, 6.07) is 5.77. The Balaban J connectivity index is 2.18. The molecule has 80 valence electrons. The van der Waals surface area contributed by atoms with Gasteiger partial charge in [0.25, 0.3) is 5.91 Å². The van der Waals surface area contributed by atoms with Gasteiger partial charge in [-0.3, -0.25) is 4.79 Å². The van der Waals surface area contributed by atoms with Crippen LogP contribution in [0.4, 0.5) is 0 Å². The van der Waals surface area contributed by atoms with Crippen LogP contribution in [0.2, 0.25) is 0 Å². The molecule has 0 saturated heterocycles. The lowest BCUT2D eigenvalue weighted by molar-refractivity contribution is 0.0719. The number of nitrogens with zero attached hydrogens (tertiary/aromatic N) is 1. The summed E-state index contributed by atoms with van der Waals surface area (Å²) in [6.45, 7) is 1.93. The fourth-order valence-electron chi connectivity index (χ4n) is 1.73. The molecule has 1 aliphatic heterocycles. The van der Waals surface area contributed by atoms with Gasteiger partial charge in [0.1, 0.15) is 0 Å². The Morgan fingerprint density at radius 3 is 3.07 bits per heavy atom. The van der Waals surface area contributed by atoms with E-state index in [2.05, 4.69) is 15.9 Å². The molecule has 1 aromatic carbocycles. The van der Waals surface area contributed by atoms with Crippen molar-refractivity contribution in [2.75, 3.05) is 20.3 Å². The highest BCUT2D eigenvalue weighted by atomic mass is 79.9. The van der Waals surface area contributed by atoms with E-state index in [-0.39, 0.29) is 5.91 Å².